The van der Waals surface area contributed by atoms with Crippen LogP contribution in [-0.2, 0) is 4.74 Å². The summed E-state index contributed by atoms with van der Waals surface area (Å²) in [6, 6.07) is 0. The van der Waals surface area contributed by atoms with E-state index in [4.69, 9.17) is 4.74 Å². The fraction of sp³-hybridized carbons (Fsp3) is 1.00. The van der Waals surface area contributed by atoms with E-state index < -0.39 is 0 Å². The van der Waals surface area contributed by atoms with Crippen LogP contribution in [0.25, 0.3) is 0 Å². The molecule has 2 nitrogen and oxygen atoms in total. The highest BCUT2D eigenvalue weighted by Crippen LogP contribution is 2.33. The van der Waals surface area contributed by atoms with Crippen molar-refractivity contribution in [1.29, 1.82) is 0 Å². The van der Waals surface area contributed by atoms with Crippen LogP contribution in [0.1, 0.15) is 33.6 Å². The van der Waals surface area contributed by atoms with Gasteiger partial charge in [0.25, 0.3) is 0 Å². The Bertz CT molecular complexity index is 190. The topological polar surface area (TPSA) is 12.5 Å². The van der Waals surface area contributed by atoms with Crippen LogP contribution in [0.4, 0.5) is 0 Å². The van der Waals surface area contributed by atoms with Gasteiger partial charge < -0.3 is 9.64 Å². The maximum Gasteiger partial charge on any atom is 0.0472 e. The minimum absolute atomic E-state index is 0.448. The Kier molecular flexibility index (Phi) is 6.30. The summed E-state index contributed by atoms with van der Waals surface area (Å²) in [5.41, 5.74) is 0.448. The fourth-order valence-corrected chi connectivity index (χ4v) is 3.17. The molecule has 0 aromatic carbocycles. The third-order valence-electron chi connectivity index (χ3n) is 3.47. The van der Waals surface area contributed by atoms with E-state index in [9.17, 15) is 0 Å². The smallest absolute Gasteiger partial charge is 0.0472 e. The van der Waals surface area contributed by atoms with E-state index in [1.807, 2.05) is 0 Å². The van der Waals surface area contributed by atoms with E-state index >= 15 is 0 Å². The van der Waals surface area contributed by atoms with Crippen LogP contribution in [0.3, 0.4) is 0 Å². The number of hydrogen-bond acceptors (Lipinski definition) is 2. The van der Waals surface area contributed by atoms with Gasteiger partial charge in [0.1, 0.15) is 0 Å². The van der Waals surface area contributed by atoms with Gasteiger partial charge >= 0.3 is 0 Å². The van der Waals surface area contributed by atoms with Crippen molar-refractivity contribution in [2.45, 2.75) is 33.6 Å². The first-order valence-electron chi connectivity index (χ1n) is 6.48. The van der Waals surface area contributed by atoms with Gasteiger partial charge in [0.15, 0.2) is 0 Å². The monoisotopic (exact) mass is 291 g/mol. The lowest BCUT2D eigenvalue weighted by Crippen LogP contribution is -2.43. The van der Waals surface area contributed by atoms with Crippen LogP contribution in [0, 0.1) is 11.3 Å². The van der Waals surface area contributed by atoms with Crippen molar-refractivity contribution in [3.63, 3.8) is 0 Å². The summed E-state index contributed by atoms with van der Waals surface area (Å²) in [7, 11) is 0. The zero-order chi connectivity index (χ0) is 12.0. The second-order valence-electron chi connectivity index (χ2n) is 5.47. The Balaban J connectivity index is 2.51. The molecule has 1 aliphatic rings. The summed E-state index contributed by atoms with van der Waals surface area (Å²) in [6.07, 6.45) is 2.40. The van der Waals surface area contributed by atoms with Crippen molar-refractivity contribution in [2.24, 2.45) is 11.3 Å². The Morgan fingerprint density at radius 2 is 1.94 bits per heavy atom. The molecule has 0 atom stereocenters. The van der Waals surface area contributed by atoms with Gasteiger partial charge in [0.05, 0.1) is 0 Å². The summed E-state index contributed by atoms with van der Waals surface area (Å²) < 4.78 is 5.48. The standard InChI is InChI=1S/C13H26BrNO/c1-4-15(9-12(2)3)11-13(10-14)5-7-16-8-6-13/h12H,4-11H2,1-3H3. The van der Waals surface area contributed by atoms with Crippen LogP contribution in [0.15, 0.2) is 0 Å². The predicted molar refractivity (Wildman–Crippen MR) is 73.2 cm³/mol. The number of nitrogens with zero attached hydrogens (tertiary/aromatic N) is 1. The second-order valence-corrected chi connectivity index (χ2v) is 6.03. The van der Waals surface area contributed by atoms with E-state index in [-0.39, 0.29) is 0 Å². The summed E-state index contributed by atoms with van der Waals surface area (Å²) in [4.78, 5) is 2.59. The van der Waals surface area contributed by atoms with Gasteiger partial charge in [-0.25, -0.2) is 0 Å². The molecular weight excluding hydrogens is 266 g/mol. The molecule has 0 aliphatic carbocycles. The Morgan fingerprint density at radius 1 is 1.31 bits per heavy atom. The highest BCUT2D eigenvalue weighted by Gasteiger charge is 2.33. The molecule has 1 heterocycles. The van der Waals surface area contributed by atoms with E-state index in [0.717, 1.165) is 31.0 Å². The molecule has 0 saturated carbocycles. The molecular formula is C13H26BrNO. The molecule has 0 bridgehead atoms. The molecule has 0 radical (unpaired) electrons. The van der Waals surface area contributed by atoms with E-state index in [1.54, 1.807) is 0 Å². The van der Waals surface area contributed by atoms with Gasteiger partial charge in [-0.15, -0.1) is 0 Å². The molecule has 16 heavy (non-hydrogen) atoms. The second kappa shape index (κ2) is 6.97. The van der Waals surface area contributed by atoms with Crippen molar-refractivity contribution in [1.82, 2.24) is 4.90 Å². The first-order chi connectivity index (χ1) is 7.62. The molecule has 1 rings (SSSR count). The van der Waals surface area contributed by atoms with Crippen molar-refractivity contribution >= 4 is 15.9 Å². The van der Waals surface area contributed by atoms with E-state index in [1.165, 1.54) is 25.9 Å². The lowest BCUT2D eigenvalue weighted by molar-refractivity contribution is 0.00733. The summed E-state index contributed by atoms with van der Waals surface area (Å²) in [5.74, 6) is 0.757. The third-order valence-corrected chi connectivity index (χ3v) is 4.66. The number of alkyl halides is 1. The third kappa shape index (κ3) is 4.34. The van der Waals surface area contributed by atoms with Crippen molar-refractivity contribution in [2.75, 3.05) is 38.2 Å². The maximum atomic E-state index is 5.48. The quantitative estimate of drug-likeness (QED) is 0.697. The maximum absolute atomic E-state index is 5.48. The van der Waals surface area contributed by atoms with Crippen LogP contribution in [0.5, 0.6) is 0 Å². The van der Waals surface area contributed by atoms with Crippen molar-refractivity contribution < 1.29 is 4.74 Å². The molecule has 1 saturated heterocycles. The zero-order valence-corrected chi connectivity index (χ0v) is 12.6. The van der Waals surface area contributed by atoms with Gasteiger partial charge in [-0.1, -0.05) is 36.7 Å². The molecule has 1 fully saturated rings. The molecule has 0 aromatic rings. The molecule has 0 N–H and O–H groups in total. The van der Waals surface area contributed by atoms with Gasteiger partial charge in [-0.3, -0.25) is 0 Å². The number of halogens is 1. The number of rotatable bonds is 6. The van der Waals surface area contributed by atoms with Crippen LogP contribution < -0.4 is 0 Å². The van der Waals surface area contributed by atoms with E-state index in [2.05, 4.69) is 41.6 Å². The molecule has 96 valence electrons. The molecule has 1 aliphatic heterocycles. The van der Waals surface area contributed by atoms with Crippen molar-refractivity contribution in [3.05, 3.63) is 0 Å². The lowest BCUT2D eigenvalue weighted by Gasteiger charge is -2.40. The van der Waals surface area contributed by atoms with Crippen LogP contribution >= 0.6 is 15.9 Å². The zero-order valence-electron chi connectivity index (χ0n) is 11.0. The van der Waals surface area contributed by atoms with Crippen LogP contribution in [0.2, 0.25) is 0 Å². The van der Waals surface area contributed by atoms with Gasteiger partial charge in [0, 0.05) is 31.6 Å². The highest BCUT2D eigenvalue weighted by atomic mass is 79.9. The summed E-state index contributed by atoms with van der Waals surface area (Å²) in [5, 5.41) is 1.11. The van der Waals surface area contributed by atoms with Crippen molar-refractivity contribution in [3.8, 4) is 0 Å². The van der Waals surface area contributed by atoms with Gasteiger partial charge in [-0.05, 0) is 30.7 Å². The Morgan fingerprint density at radius 3 is 2.38 bits per heavy atom. The summed E-state index contributed by atoms with van der Waals surface area (Å²) >= 11 is 3.71. The first kappa shape index (κ1) is 14.5. The van der Waals surface area contributed by atoms with Gasteiger partial charge in [0.2, 0.25) is 0 Å². The molecule has 0 spiro atoms. The lowest BCUT2D eigenvalue weighted by atomic mass is 9.81. The SMILES string of the molecule is CCN(CC(C)C)CC1(CBr)CCOCC1. The molecule has 0 unspecified atom stereocenters. The minimum Gasteiger partial charge on any atom is -0.381 e. The largest absolute Gasteiger partial charge is 0.381 e. The molecule has 0 amide bonds. The average Bonchev–Trinajstić information content (AvgIpc) is 2.29. The minimum atomic E-state index is 0.448. The average molecular weight is 292 g/mol. The molecule has 3 heteroatoms. The first-order valence-corrected chi connectivity index (χ1v) is 7.60. The number of ether oxygens (including phenoxy) is 1. The van der Waals surface area contributed by atoms with Crippen LogP contribution in [-0.4, -0.2) is 43.1 Å². The predicted octanol–water partition coefficient (Wildman–Crippen LogP) is 3.16. The highest BCUT2D eigenvalue weighted by molar-refractivity contribution is 9.09. The Labute approximate surface area is 109 Å². The molecule has 0 aromatic heterocycles. The van der Waals surface area contributed by atoms with Gasteiger partial charge in [-0.2, -0.15) is 0 Å². The fourth-order valence-electron chi connectivity index (χ4n) is 2.43. The number of hydrogen-bond donors (Lipinski definition) is 0. The van der Waals surface area contributed by atoms with E-state index in [0.29, 0.717) is 5.41 Å². The summed E-state index contributed by atoms with van der Waals surface area (Å²) in [6.45, 7) is 12.3. The Hall–Kier alpha value is 0.400. The normalized spacial score (nSPS) is 20.6.